The number of benzene rings is 3. The summed E-state index contributed by atoms with van der Waals surface area (Å²) in [5, 5.41) is 5.10. The fraction of sp³-hybridized carbons (Fsp3) is 0.167. The maximum absolute atomic E-state index is 12.9. The van der Waals surface area contributed by atoms with E-state index < -0.39 is 17.6 Å². The average molecular weight is 458 g/mol. The lowest BCUT2D eigenvalue weighted by molar-refractivity contribution is -0.137. The van der Waals surface area contributed by atoms with E-state index in [-0.39, 0.29) is 30.2 Å². The molecular formula is C24H21F3N2O4. The topological polar surface area (TPSA) is 76.7 Å². The monoisotopic (exact) mass is 458 g/mol. The number of alkyl halides is 3. The number of amides is 2. The molecule has 0 aliphatic heterocycles. The predicted octanol–water partition coefficient (Wildman–Crippen LogP) is 5.37. The second-order valence-electron chi connectivity index (χ2n) is 6.91. The molecule has 172 valence electrons. The van der Waals surface area contributed by atoms with Crippen LogP contribution in [0.4, 0.5) is 24.5 Å². The summed E-state index contributed by atoms with van der Waals surface area (Å²) in [7, 11) is 1.52. The van der Waals surface area contributed by atoms with Gasteiger partial charge in [0.15, 0.2) is 11.5 Å². The van der Waals surface area contributed by atoms with Crippen molar-refractivity contribution in [2.24, 2.45) is 0 Å². The van der Waals surface area contributed by atoms with E-state index in [1.807, 2.05) is 0 Å². The molecular weight excluding hydrogens is 437 g/mol. The summed E-state index contributed by atoms with van der Waals surface area (Å²) in [6, 6.07) is 17.5. The predicted molar refractivity (Wildman–Crippen MR) is 118 cm³/mol. The van der Waals surface area contributed by atoms with Crippen molar-refractivity contribution in [3.05, 3.63) is 83.9 Å². The van der Waals surface area contributed by atoms with E-state index >= 15 is 0 Å². The fourth-order valence-corrected chi connectivity index (χ4v) is 2.93. The average Bonchev–Trinajstić information content (AvgIpc) is 2.79. The third-order valence-corrected chi connectivity index (χ3v) is 4.51. The van der Waals surface area contributed by atoms with Crippen LogP contribution in [0.5, 0.6) is 11.5 Å². The van der Waals surface area contributed by atoms with Gasteiger partial charge in [-0.2, -0.15) is 13.2 Å². The Balaban J connectivity index is 1.57. The van der Waals surface area contributed by atoms with Gasteiger partial charge in [-0.15, -0.1) is 0 Å². The van der Waals surface area contributed by atoms with Crippen LogP contribution in [0, 0.1) is 0 Å². The number of nitrogens with one attached hydrogen (secondary N) is 2. The van der Waals surface area contributed by atoms with Crippen molar-refractivity contribution in [3.63, 3.8) is 0 Å². The Bertz CT molecular complexity index is 1130. The van der Waals surface area contributed by atoms with Crippen LogP contribution in [-0.4, -0.2) is 25.5 Å². The number of carbonyl (C=O) groups excluding carboxylic acids is 2. The largest absolute Gasteiger partial charge is 0.493 e. The molecule has 3 aromatic rings. The first-order valence-corrected chi connectivity index (χ1v) is 9.90. The third-order valence-electron chi connectivity index (χ3n) is 4.51. The van der Waals surface area contributed by atoms with Crippen molar-refractivity contribution in [1.82, 2.24) is 0 Å². The summed E-state index contributed by atoms with van der Waals surface area (Å²) >= 11 is 0. The maximum atomic E-state index is 12.9. The first-order valence-electron chi connectivity index (χ1n) is 9.90. The van der Waals surface area contributed by atoms with Gasteiger partial charge in [0.1, 0.15) is 0 Å². The molecule has 0 heterocycles. The first kappa shape index (κ1) is 23.6. The van der Waals surface area contributed by atoms with Gasteiger partial charge in [-0.25, -0.2) is 0 Å². The molecule has 33 heavy (non-hydrogen) atoms. The molecule has 0 aliphatic rings. The highest BCUT2D eigenvalue weighted by molar-refractivity contribution is 6.05. The normalized spacial score (nSPS) is 10.9. The van der Waals surface area contributed by atoms with Crippen LogP contribution in [0.2, 0.25) is 0 Å². The molecule has 2 N–H and O–H groups in total. The van der Waals surface area contributed by atoms with Gasteiger partial charge in [0.05, 0.1) is 25.7 Å². The Labute approximate surface area is 188 Å². The van der Waals surface area contributed by atoms with Crippen LogP contribution >= 0.6 is 0 Å². The van der Waals surface area contributed by atoms with Crippen molar-refractivity contribution < 1.29 is 32.2 Å². The molecule has 9 heteroatoms. The van der Waals surface area contributed by atoms with Crippen LogP contribution in [0.3, 0.4) is 0 Å². The fourth-order valence-electron chi connectivity index (χ4n) is 2.93. The Morgan fingerprint density at radius 1 is 0.848 bits per heavy atom. The van der Waals surface area contributed by atoms with Crippen molar-refractivity contribution in [2.75, 3.05) is 24.4 Å². The summed E-state index contributed by atoms with van der Waals surface area (Å²) in [5.41, 5.74) is -0.307. The standard InChI is InChI=1S/C24H21F3N2O4/c1-32-20-10-2-3-11-21(20)33-13-12-22(30)28-18-8-4-6-16(14-18)23(31)29-19-9-5-7-17(15-19)24(25,26)27/h2-11,14-15H,12-13H2,1H3,(H,28,30)(H,29,31). The zero-order valence-electron chi connectivity index (χ0n) is 17.6. The first-order chi connectivity index (χ1) is 15.8. The van der Waals surface area contributed by atoms with E-state index in [4.69, 9.17) is 9.47 Å². The van der Waals surface area contributed by atoms with Crippen LogP contribution in [-0.2, 0) is 11.0 Å². The van der Waals surface area contributed by atoms with Gasteiger partial charge in [0, 0.05) is 16.9 Å². The van der Waals surface area contributed by atoms with Crippen molar-refractivity contribution in [1.29, 1.82) is 0 Å². The van der Waals surface area contributed by atoms with Gasteiger partial charge in [-0.1, -0.05) is 24.3 Å². The quantitative estimate of drug-likeness (QED) is 0.476. The van der Waals surface area contributed by atoms with E-state index in [9.17, 15) is 22.8 Å². The van der Waals surface area contributed by atoms with Gasteiger partial charge in [-0.05, 0) is 48.5 Å². The van der Waals surface area contributed by atoms with E-state index in [0.717, 1.165) is 12.1 Å². The van der Waals surface area contributed by atoms with Crippen molar-refractivity contribution >= 4 is 23.2 Å². The lowest BCUT2D eigenvalue weighted by atomic mass is 10.1. The van der Waals surface area contributed by atoms with Crippen molar-refractivity contribution in [3.8, 4) is 11.5 Å². The molecule has 0 bridgehead atoms. The molecule has 0 aromatic heterocycles. The molecule has 0 atom stereocenters. The number of anilines is 2. The van der Waals surface area contributed by atoms with E-state index in [0.29, 0.717) is 17.2 Å². The van der Waals surface area contributed by atoms with Gasteiger partial charge in [-0.3, -0.25) is 9.59 Å². The summed E-state index contributed by atoms with van der Waals surface area (Å²) in [5.74, 6) is 0.128. The SMILES string of the molecule is COc1ccccc1OCCC(=O)Nc1cccc(C(=O)Nc2cccc(C(F)(F)F)c2)c1. The highest BCUT2D eigenvalue weighted by Gasteiger charge is 2.30. The number of halogens is 3. The lowest BCUT2D eigenvalue weighted by Crippen LogP contribution is -2.16. The summed E-state index contributed by atoms with van der Waals surface area (Å²) in [6.07, 6.45) is -4.46. The smallest absolute Gasteiger partial charge is 0.416 e. The van der Waals surface area contributed by atoms with Crippen LogP contribution < -0.4 is 20.1 Å². The zero-order valence-corrected chi connectivity index (χ0v) is 17.6. The number of carbonyl (C=O) groups is 2. The molecule has 0 saturated carbocycles. The summed E-state index contributed by atoms with van der Waals surface area (Å²) in [4.78, 5) is 24.7. The van der Waals surface area contributed by atoms with Crippen LogP contribution in [0.15, 0.2) is 72.8 Å². The molecule has 0 fully saturated rings. The number of para-hydroxylation sites is 2. The number of hydrogen-bond donors (Lipinski definition) is 2. The molecule has 3 rings (SSSR count). The highest BCUT2D eigenvalue weighted by Crippen LogP contribution is 2.31. The van der Waals surface area contributed by atoms with Crippen LogP contribution in [0.1, 0.15) is 22.3 Å². The molecule has 0 aliphatic carbocycles. The second-order valence-corrected chi connectivity index (χ2v) is 6.91. The zero-order chi connectivity index (χ0) is 23.8. The molecule has 6 nitrogen and oxygen atoms in total. The minimum atomic E-state index is -4.51. The molecule has 0 saturated heterocycles. The van der Waals surface area contributed by atoms with E-state index in [1.54, 1.807) is 36.4 Å². The number of rotatable bonds is 8. The van der Waals surface area contributed by atoms with Gasteiger partial charge < -0.3 is 20.1 Å². The number of ether oxygens (including phenoxy) is 2. The minimum Gasteiger partial charge on any atom is -0.493 e. The summed E-state index contributed by atoms with van der Waals surface area (Å²) in [6.45, 7) is 0.113. The highest BCUT2D eigenvalue weighted by atomic mass is 19.4. The Kier molecular flexibility index (Phi) is 7.55. The van der Waals surface area contributed by atoms with E-state index in [1.165, 1.54) is 31.4 Å². The number of hydrogen-bond acceptors (Lipinski definition) is 4. The molecule has 2 amide bonds. The van der Waals surface area contributed by atoms with Crippen molar-refractivity contribution in [2.45, 2.75) is 12.6 Å². The lowest BCUT2D eigenvalue weighted by Gasteiger charge is -2.11. The molecule has 3 aromatic carbocycles. The van der Waals surface area contributed by atoms with Gasteiger partial charge >= 0.3 is 6.18 Å². The maximum Gasteiger partial charge on any atom is 0.416 e. The number of methoxy groups -OCH3 is 1. The molecule has 0 unspecified atom stereocenters. The van der Waals surface area contributed by atoms with Crippen LogP contribution in [0.25, 0.3) is 0 Å². The summed E-state index contributed by atoms with van der Waals surface area (Å²) < 4.78 is 49.3. The Morgan fingerprint density at radius 2 is 1.52 bits per heavy atom. The van der Waals surface area contributed by atoms with Gasteiger partial charge in [0.25, 0.3) is 5.91 Å². The second kappa shape index (κ2) is 10.5. The molecule has 0 spiro atoms. The Morgan fingerprint density at radius 3 is 2.21 bits per heavy atom. The molecule has 0 radical (unpaired) electrons. The Hall–Kier alpha value is -4.01. The third kappa shape index (κ3) is 6.73. The minimum absolute atomic E-state index is 0.0118. The van der Waals surface area contributed by atoms with E-state index in [2.05, 4.69) is 10.6 Å². The van der Waals surface area contributed by atoms with Gasteiger partial charge in [0.2, 0.25) is 5.91 Å².